The first-order valence-electron chi connectivity index (χ1n) is 6.44. The zero-order valence-electron chi connectivity index (χ0n) is 10.4. The molecule has 1 saturated carbocycles. The third kappa shape index (κ3) is 2.28. The molecule has 3 rings (SSSR count). The maximum Gasteiger partial charge on any atom is 0.251 e. The van der Waals surface area contributed by atoms with Crippen LogP contribution in [0, 0.1) is 5.92 Å². The Bertz CT molecular complexity index is 468. The summed E-state index contributed by atoms with van der Waals surface area (Å²) in [5.41, 5.74) is 0.631. The minimum absolute atomic E-state index is 0.0358. The van der Waals surface area contributed by atoms with E-state index >= 15 is 0 Å². The summed E-state index contributed by atoms with van der Waals surface area (Å²) >= 11 is 0. The number of hydrogen-bond acceptors (Lipinski definition) is 3. The third-order valence-corrected chi connectivity index (χ3v) is 3.49. The molecule has 0 aromatic heterocycles. The Morgan fingerprint density at radius 2 is 2.00 bits per heavy atom. The minimum Gasteiger partial charge on any atom is -0.486 e. The zero-order chi connectivity index (χ0) is 12.5. The lowest BCUT2D eigenvalue weighted by Crippen LogP contribution is -2.34. The molecule has 1 amide bonds. The van der Waals surface area contributed by atoms with Gasteiger partial charge in [0, 0.05) is 11.6 Å². The van der Waals surface area contributed by atoms with Crippen LogP contribution in [0.25, 0.3) is 0 Å². The second kappa shape index (κ2) is 4.52. The van der Waals surface area contributed by atoms with Gasteiger partial charge in [-0.2, -0.15) is 0 Å². The molecule has 0 saturated heterocycles. The zero-order valence-corrected chi connectivity index (χ0v) is 10.4. The Labute approximate surface area is 106 Å². The van der Waals surface area contributed by atoms with Crippen LogP contribution in [0.4, 0.5) is 0 Å². The largest absolute Gasteiger partial charge is 0.486 e. The van der Waals surface area contributed by atoms with Crippen LogP contribution in [0.2, 0.25) is 0 Å². The van der Waals surface area contributed by atoms with E-state index in [4.69, 9.17) is 9.47 Å². The number of fused-ring (bicyclic) bond motifs is 1. The van der Waals surface area contributed by atoms with E-state index in [-0.39, 0.29) is 11.9 Å². The van der Waals surface area contributed by atoms with Crippen molar-refractivity contribution < 1.29 is 14.3 Å². The second-order valence-corrected chi connectivity index (χ2v) is 4.96. The number of carbonyl (C=O) groups is 1. The van der Waals surface area contributed by atoms with E-state index in [0.29, 0.717) is 36.2 Å². The maximum atomic E-state index is 12.1. The van der Waals surface area contributed by atoms with Crippen LogP contribution in [-0.4, -0.2) is 25.2 Å². The molecule has 0 radical (unpaired) electrons. The van der Waals surface area contributed by atoms with Gasteiger partial charge in [-0.05, 0) is 43.9 Å². The number of benzene rings is 1. The van der Waals surface area contributed by atoms with Gasteiger partial charge >= 0.3 is 0 Å². The quantitative estimate of drug-likeness (QED) is 0.888. The van der Waals surface area contributed by atoms with E-state index in [1.54, 1.807) is 18.2 Å². The topological polar surface area (TPSA) is 47.6 Å². The first-order chi connectivity index (χ1) is 8.74. The van der Waals surface area contributed by atoms with Crippen molar-refractivity contribution in [1.82, 2.24) is 5.32 Å². The van der Waals surface area contributed by atoms with Gasteiger partial charge in [0.25, 0.3) is 5.91 Å². The van der Waals surface area contributed by atoms with Gasteiger partial charge in [0.15, 0.2) is 11.5 Å². The Hall–Kier alpha value is -1.71. The molecule has 1 unspecified atom stereocenters. The Morgan fingerprint density at radius 1 is 1.28 bits per heavy atom. The Kier molecular flexibility index (Phi) is 2.86. The fourth-order valence-corrected chi connectivity index (χ4v) is 2.19. The number of rotatable bonds is 3. The first-order valence-corrected chi connectivity index (χ1v) is 6.44. The lowest BCUT2D eigenvalue weighted by Gasteiger charge is -2.19. The molecule has 4 nitrogen and oxygen atoms in total. The Balaban J connectivity index is 1.72. The fraction of sp³-hybridized carbons (Fsp3) is 0.500. The van der Waals surface area contributed by atoms with Gasteiger partial charge in [0.1, 0.15) is 13.2 Å². The summed E-state index contributed by atoms with van der Waals surface area (Å²) in [6.07, 6.45) is 2.45. The summed E-state index contributed by atoms with van der Waals surface area (Å²) in [4.78, 5) is 12.1. The summed E-state index contributed by atoms with van der Waals surface area (Å²) < 4.78 is 10.9. The highest BCUT2D eigenvalue weighted by Gasteiger charge is 2.29. The van der Waals surface area contributed by atoms with E-state index in [9.17, 15) is 4.79 Å². The summed E-state index contributed by atoms with van der Waals surface area (Å²) in [6.45, 7) is 3.17. The highest BCUT2D eigenvalue weighted by molar-refractivity contribution is 5.95. The molecule has 1 N–H and O–H groups in total. The third-order valence-electron chi connectivity index (χ3n) is 3.49. The average Bonchev–Trinajstić information content (AvgIpc) is 3.22. The smallest absolute Gasteiger partial charge is 0.251 e. The summed E-state index contributed by atoms with van der Waals surface area (Å²) in [5, 5.41) is 3.03. The van der Waals surface area contributed by atoms with Gasteiger partial charge in [-0.15, -0.1) is 0 Å². The predicted octanol–water partition coefficient (Wildman–Crippen LogP) is 1.99. The van der Waals surface area contributed by atoms with E-state index in [0.717, 1.165) is 0 Å². The molecule has 1 fully saturated rings. The molecule has 2 aliphatic rings. The first kappa shape index (κ1) is 11.4. The summed E-state index contributed by atoms with van der Waals surface area (Å²) in [5.74, 6) is 2.00. The van der Waals surface area contributed by atoms with Gasteiger partial charge in [-0.3, -0.25) is 4.79 Å². The van der Waals surface area contributed by atoms with Crippen molar-refractivity contribution in [3.05, 3.63) is 23.8 Å². The van der Waals surface area contributed by atoms with Gasteiger partial charge < -0.3 is 14.8 Å². The van der Waals surface area contributed by atoms with Crippen molar-refractivity contribution >= 4 is 5.91 Å². The number of ether oxygens (including phenoxy) is 2. The number of nitrogens with one attached hydrogen (secondary N) is 1. The van der Waals surface area contributed by atoms with Crippen LogP contribution in [0.1, 0.15) is 30.1 Å². The van der Waals surface area contributed by atoms with Crippen molar-refractivity contribution in [2.75, 3.05) is 13.2 Å². The molecule has 1 aliphatic heterocycles. The van der Waals surface area contributed by atoms with Gasteiger partial charge in [-0.25, -0.2) is 0 Å². The van der Waals surface area contributed by atoms with Gasteiger partial charge in [-0.1, -0.05) is 0 Å². The maximum absolute atomic E-state index is 12.1. The molecule has 1 heterocycles. The van der Waals surface area contributed by atoms with E-state index in [1.807, 2.05) is 0 Å². The average molecular weight is 247 g/mol. The lowest BCUT2D eigenvalue weighted by atomic mass is 10.1. The molecule has 0 bridgehead atoms. The van der Waals surface area contributed by atoms with Crippen molar-refractivity contribution in [2.24, 2.45) is 5.92 Å². The van der Waals surface area contributed by atoms with Crippen LogP contribution in [-0.2, 0) is 0 Å². The van der Waals surface area contributed by atoms with Crippen LogP contribution in [0.15, 0.2) is 18.2 Å². The SMILES string of the molecule is CC(NC(=O)c1ccc2c(c1)OCCO2)C1CC1. The molecular formula is C14H17NO3. The van der Waals surface area contributed by atoms with Crippen LogP contribution >= 0.6 is 0 Å². The van der Waals surface area contributed by atoms with Gasteiger partial charge in [0.2, 0.25) is 0 Å². The monoisotopic (exact) mass is 247 g/mol. The van der Waals surface area contributed by atoms with Crippen LogP contribution in [0.3, 0.4) is 0 Å². The summed E-state index contributed by atoms with van der Waals surface area (Å²) in [7, 11) is 0. The molecule has 18 heavy (non-hydrogen) atoms. The van der Waals surface area contributed by atoms with E-state index in [1.165, 1.54) is 12.8 Å². The molecule has 0 spiro atoms. The van der Waals surface area contributed by atoms with E-state index < -0.39 is 0 Å². The normalized spacial score (nSPS) is 19.2. The molecule has 1 aromatic carbocycles. The number of hydrogen-bond donors (Lipinski definition) is 1. The second-order valence-electron chi connectivity index (χ2n) is 4.96. The van der Waals surface area contributed by atoms with Crippen molar-refractivity contribution in [3.63, 3.8) is 0 Å². The van der Waals surface area contributed by atoms with Crippen LogP contribution in [0.5, 0.6) is 11.5 Å². The molecular weight excluding hydrogens is 230 g/mol. The predicted molar refractivity (Wildman–Crippen MR) is 67.1 cm³/mol. The van der Waals surface area contributed by atoms with Crippen LogP contribution < -0.4 is 14.8 Å². The number of carbonyl (C=O) groups excluding carboxylic acids is 1. The van der Waals surface area contributed by atoms with Crippen molar-refractivity contribution in [3.8, 4) is 11.5 Å². The van der Waals surface area contributed by atoms with Crippen molar-refractivity contribution in [1.29, 1.82) is 0 Å². The molecule has 96 valence electrons. The standard InChI is InChI=1S/C14H17NO3/c1-9(10-2-3-10)15-14(16)11-4-5-12-13(8-11)18-7-6-17-12/h4-5,8-10H,2-3,6-7H2,1H3,(H,15,16). The van der Waals surface area contributed by atoms with Gasteiger partial charge in [0.05, 0.1) is 0 Å². The molecule has 1 atom stereocenters. The summed E-state index contributed by atoms with van der Waals surface area (Å²) in [6, 6.07) is 5.59. The highest BCUT2D eigenvalue weighted by atomic mass is 16.6. The van der Waals surface area contributed by atoms with Crippen molar-refractivity contribution in [2.45, 2.75) is 25.8 Å². The minimum atomic E-state index is -0.0358. The molecule has 1 aromatic rings. The number of amides is 1. The van der Waals surface area contributed by atoms with E-state index in [2.05, 4.69) is 12.2 Å². The Morgan fingerprint density at radius 3 is 2.72 bits per heavy atom. The molecule has 4 heteroatoms. The highest BCUT2D eigenvalue weighted by Crippen LogP contribution is 2.33. The molecule has 1 aliphatic carbocycles. The lowest BCUT2D eigenvalue weighted by molar-refractivity contribution is 0.0934. The fourth-order valence-electron chi connectivity index (χ4n) is 2.19.